The third kappa shape index (κ3) is 4.47. The Morgan fingerprint density at radius 3 is 2.29 bits per heavy atom. The van der Waals surface area contributed by atoms with Crippen LogP contribution in [0, 0.1) is 5.92 Å². The van der Waals surface area contributed by atoms with Crippen molar-refractivity contribution in [3.05, 3.63) is 58.7 Å². The van der Waals surface area contributed by atoms with E-state index in [9.17, 15) is 23.1 Å². The predicted molar refractivity (Wildman–Crippen MR) is 98.1 cm³/mol. The monoisotopic (exact) mass is 393 g/mol. The van der Waals surface area contributed by atoms with Gasteiger partial charge in [0, 0.05) is 13.0 Å². The zero-order valence-corrected chi connectivity index (χ0v) is 15.3. The van der Waals surface area contributed by atoms with Gasteiger partial charge in [-0.2, -0.15) is 13.2 Å². The highest BCUT2D eigenvalue weighted by Crippen LogP contribution is 2.44. The molecule has 150 valence electrons. The number of carbonyl (C=O) groups is 1. The predicted octanol–water partition coefficient (Wildman–Crippen LogP) is 4.82. The number of ether oxygens (including phenoxy) is 1. The number of benzene rings is 2. The summed E-state index contributed by atoms with van der Waals surface area (Å²) in [4.78, 5) is 12.3. The first-order chi connectivity index (χ1) is 13.3. The summed E-state index contributed by atoms with van der Waals surface area (Å²) in [6, 6.07) is 9.27. The Morgan fingerprint density at radius 1 is 1.11 bits per heavy atom. The Bertz CT molecular complexity index is 843. The summed E-state index contributed by atoms with van der Waals surface area (Å²) < 4.78 is 46.0. The number of alkyl halides is 3. The zero-order chi connectivity index (χ0) is 20.3. The number of hydrogen-bond acceptors (Lipinski definition) is 4. The van der Waals surface area contributed by atoms with Crippen molar-refractivity contribution in [3.8, 4) is 11.5 Å². The molecular weight excluding hydrogens is 371 g/mol. The van der Waals surface area contributed by atoms with Gasteiger partial charge < -0.3 is 15.6 Å². The van der Waals surface area contributed by atoms with Crippen molar-refractivity contribution < 1.29 is 27.8 Å². The summed E-state index contributed by atoms with van der Waals surface area (Å²) in [7, 11) is 0. The molecule has 1 aliphatic rings. The minimum atomic E-state index is -4.85. The zero-order valence-electron chi connectivity index (χ0n) is 15.3. The van der Waals surface area contributed by atoms with Crippen LogP contribution in [0.4, 0.5) is 13.2 Å². The Morgan fingerprint density at radius 2 is 1.75 bits per heavy atom. The van der Waals surface area contributed by atoms with Crippen molar-refractivity contribution in [2.75, 3.05) is 0 Å². The van der Waals surface area contributed by atoms with E-state index in [-0.39, 0.29) is 24.5 Å². The van der Waals surface area contributed by atoms with Crippen molar-refractivity contribution in [1.82, 2.24) is 0 Å². The fourth-order valence-corrected chi connectivity index (χ4v) is 3.19. The normalized spacial score (nSPS) is 14.6. The van der Waals surface area contributed by atoms with Crippen LogP contribution in [0.15, 0.2) is 36.4 Å². The van der Waals surface area contributed by atoms with Gasteiger partial charge in [0.2, 0.25) is 0 Å². The molecule has 0 radical (unpaired) electrons. The summed E-state index contributed by atoms with van der Waals surface area (Å²) in [5.41, 5.74) is 5.46. The number of aromatic hydroxyl groups is 1. The molecule has 0 spiro atoms. The maximum atomic E-state index is 13.6. The van der Waals surface area contributed by atoms with Gasteiger partial charge in [-0.15, -0.1) is 0 Å². The summed E-state index contributed by atoms with van der Waals surface area (Å²) in [6.07, 6.45) is -1.89. The molecule has 0 aromatic heterocycles. The van der Waals surface area contributed by atoms with Gasteiger partial charge in [-0.3, -0.25) is 4.79 Å². The van der Waals surface area contributed by atoms with Crippen LogP contribution in [0.5, 0.6) is 11.5 Å². The lowest BCUT2D eigenvalue weighted by Gasteiger charge is -2.25. The Balaban J connectivity index is 1.83. The number of Topliss-reactive ketones (excluding diaryl/α,β-unsaturated/α-hetero) is 1. The molecule has 28 heavy (non-hydrogen) atoms. The molecule has 0 aliphatic heterocycles. The first-order valence-corrected chi connectivity index (χ1v) is 9.16. The molecule has 0 amide bonds. The van der Waals surface area contributed by atoms with E-state index < -0.39 is 29.0 Å². The number of carbonyl (C=O) groups excluding carboxylic acids is 1. The fraction of sp³-hybridized carbons (Fsp3) is 0.381. The van der Waals surface area contributed by atoms with Crippen LogP contribution in [0.3, 0.4) is 0 Å². The van der Waals surface area contributed by atoms with Gasteiger partial charge >= 0.3 is 6.18 Å². The summed E-state index contributed by atoms with van der Waals surface area (Å²) in [5, 5.41) is 10.2. The van der Waals surface area contributed by atoms with Crippen LogP contribution in [-0.2, 0) is 19.3 Å². The van der Waals surface area contributed by atoms with E-state index in [1.54, 1.807) is 24.3 Å². The second-order valence-electron chi connectivity index (χ2n) is 7.07. The van der Waals surface area contributed by atoms with Crippen molar-refractivity contribution in [1.29, 1.82) is 0 Å². The van der Waals surface area contributed by atoms with Gasteiger partial charge in [0.15, 0.2) is 5.78 Å². The molecule has 3 N–H and O–H groups in total. The van der Waals surface area contributed by atoms with Crippen LogP contribution in [0.1, 0.15) is 52.7 Å². The molecule has 1 fully saturated rings. The van der Waals surface area contributed by atoms with Crippen LogP contribution < -0.4 is 10.5 Å². The summed E-state index contributed by atoms with van der Waals surface area (Å²) >= 11 is 0. The third-order valence-corrected chi connectivity index (χ3v) is 5.08. The van der Waals surface area contributed by atoms with Crippen LogP contribution in [0.2, 0.25) is 0 Å². The molecule has 7 heteroatoms. The molecule has 1 aliphatic carbocycles. The highest BCUT2D eigenvalue weighted by Gasteiger charge is 2.40. The molecule has 2 aromatic carbocycles. The number of nitrogens with two attached hydrogens (primary N) is 1. The number of rotatable bonds is 7. The molecule has 0 heterocycles. The smallest absolute Gasteiger partial charge is 0.423 e. The Kier molecular flexibility index (Phi) is 5.93. The second-order valence-corrected chi connectivity index (χ2v) is 7.07. The average Bonchev–Trinajstić information content (AvgIpc) is 2.62. The van der Waals surface area contributed by atoms with Gasteiger partial charge in [-0.25, -0.2) is 0 Å². The minimum Gasteiger partial charge on any atom is -0.506 e. The fourth-order valence-electron chi connectivity index (χ4n) is 3.19. The summed E-state index contributed by atoms with van der Waals surface area (Å²) in [6.45, 7) is 0.256. The molecule has 3 rings (SSSR count). The average molecular weight is 393 g/mol. The van der Waals surface area contributed by atoms with Gasteiger partial charge in [-0.1, -0.05) is 43.5 Å². The van der Waals surface area contributed by atoms with E-state index in [2.05, 4.69) is 0 Å². The third-order valence-electron chi connectivity index (χ3n) is 5.08. The van der Waals surface area contributed by atoms with E-state index >= 15 is 0 Å². The number of halogens is 3. The molecule has 4 nitrogen and oxygen atoms in total. The molecule has 0 bridgehead atoms. The number of phenols is 1. The highest BCUT2D eigenvalue weighted by atomic mass is 19.4. The van der Waals surface area contributed by atoms with Crippen molar-refractivity contribution in [2.45, 2.75) is 45.0 Å². The standard InChI is InChI=1S/C21H22F3NO3/c22-21(23,24)19-18(28-12-15-6-4-14(11-25)5-7-15)9-8-16(20(19)27)17(26)10-13-2-1-3-13/h4-9,13,27H,1-3,10-12,25H2. The molecule has 0 unspecified atom stereocenters. The second kappa shape index (κ2) is 8.22. The van der Waals surface area contributed by atoms with Crippen molar-refractivity contribution >= 4 is 5.78 Å². The van der Waals surface area contributed by atoms with E-state index in [1.807, 2.05) is 0 Å². The maximum absolute atomic E-state index is 13.6. The molecule has 0 saturated heterocycles. The number of phenolic OH excluding ortho intramolecular Hbond substituents is 1. The lowest BCUT2D eigenvalue weighted by molar-refractivity contribution is -0.140. The van der Waals surface area contributed by atoms with Crippen molar-refractivity contribution in [3.63, 3.8) is 0 Å². The summed E-state index contributed by atoms with van der Waals surface area (Å²) in [5.74, 6) is -1.86. The van der Waals surface area contributed by atoms with Gasteiger partial charge in [0.1, 0.15) is 23.7 Å². The minimum absolute atomic E-state index is 0.108. The Labute approximate surface area is 161 Å². The number of ketones is 1. The van der Waals surface area contributed by atoms with E-state index in [0.717, 1.165) is 30.9 Å². The molecule has 1 saturated carbocycles. The first kappa shape index (κ1) is 20.2. The lowest BCUT2D eigenvalue weighted by Crippen LogP contribution is -2.17. The topological polar surface area (TPSA) is 72.5 Å². The number of hydrogen-bond donors (Lipinski definition) is 2. The van der Waals surface area contributed by atoms with E-state index in [0.29, 0.717) is 12.1 Å². The van der Waals surface area contributed by atoms with Gasteiger partial charge in [0.05, 0.1) is 5.56 Å². The van der Waals surface area contributed by atoms with Crippen LogP contribution >= 0.6 is 0 Å². The van der Waals surface area contributed by atoms with Crippen molar-refractivity contribution in [2.24, 2.45) is 11.7 Å². The van der Waals surface area contributed by atoms with E-state index in [1.165, 1.54) is 6.07 Å². The Hall–Kier alpha value is -2.54. The van der Waals surface area contributed by atoms with Gasteiger partial charge in [0.25, 0.3) is 0 Å². The van der Waals surface area contributed by atoms with Crippen LogP contribution in [0.25, 0.3) is 0 Å². The first-order valence-electron chi connectivity index (χ1n) is 9.16. The molecule has 0 atom stereocenters. The largest absolute Gasteiger partial charge is 0.506 e. The van der Waals surface area contributed by atoms with Gasteiger partial charge in [-0.05, 0) is 29.2 Å². The van der Waals surface area contributed by atoms with E-state index in [4.69, 9.17) is 10.5 Å². The maximum Gasteiger partial charge on any atom is 0.423 e. The molecular formula is C21H22F3NO3. The quantitative estimate of drug-likeness (QED) is 0.662. The highest BCUT2D eigenvalue weighted by molar-refractivity contribution is 5.99. The van der Waals surface area contributed by atoms with Crippen LogP contribution in [-0.4, -0.2) is 10.9 Å². The SMILES string of the molecule is NCc1ccc(COc2ccc(C(=O)CC3CCC3)c(O)c2C(F)(F)F)cc1. The lowest BCUT2D eigenvalue weighted by atomic mass is 9.80. The molecule has 2 aromatic rings.